The summed E-state index contributed by atoms with van der Waals surface area (Å²) in [4.78, 5) is 16.8. The molecule has 2 aromatic carbocycles. The van der Waals surface area contributed by atoms with Crippen molar-refractivity contribution in [3.63, 3.8) is 0 Å². The Hall–Kier alpha value is -3.49. The minimum absolute atomic E-state index is 0.0695. The predicted molar refractivity (Wildman–Crippen MR) is 105 cm³/mol. The Bertz CT molecular complexity index is 1280. The van der Waals surface area contributed by atoms with Crippen LogP contribution in [0.15, 0.2) is 82.4 Å². The summed E-state index contributed by atoms with van der Waals surface area (Å²) < 4.78 is 28.3. The van der Waals surface area contributed by atoms with Crippen molar-refractivity contribution in [3.05, 3.63) is 78.7 Å². The van der Waals surface area contributed by atoms with Gasteiger partial charge in [0, 0.05) is 28.4 Å². The first-order valence-corrected chi connectivity index (χ1v) is 9.83. The number of hydrogen-bond acceptors (Lipinski definition) is 5. The van der Waals surface area contributed by atoms with Crippen LogP contribution in [0.1, 0.15) is 10.4 Å². The van der Waals surface area contributed by atoms with Crippen molar-refractivity contribution < 1.29 is 17.6 Å². The standard InChI is InChI=1S/C20H15N3O4S/c21-28(25,26)16-3-1-2-15(12-16)23-20(24)14-6-4-13(5-7-14)19-17-9-11-27-18(17)8-10-22-19/h1-12H,(H,23,24)(H2,21,25,26). The third-order valence-corrected chi connectivity index (χ3v) is 5.13. The van der Waals surface area contributed by atoms with Gasteiger partial charge in [-0.25, -0.2) is 13.6 Å². The van der Waals surface area contributed by atoms with Gasteiger partial charge in [-0.05, 0) is 42.5 Å². The molecule has 0 fully saturated rings. The van der Waals surface area contributed by atoms with Crippen LogP contribution in [-0.4, -0.2) is 19.3 Å². The zero-order valence-electron chi connectivity index (χ0n) is 14.5. The minimum atomic E-state index is -3.84. The van der Waals surface area contributed by atoms with E-state index in [1.54, 1.807) is 48.9 Å². The van der Waals surface area contributed by atoms with Gasteiger partial charge in [-0.15, -0.1) is 0 Å². The van der Waals surface area contributed by atoms with Crippen molar-refractivity contribution in [1.82, 2.24) is 4.98 Å². The first-order valence-electron chi connectivity index (χ1n) is 8.29. The number of nitrogens with zero attached hydrogens (tertiary/aromatic N) is 1. The molecule has 7 nitrogen and oxygen atoms in total. The molecule has 2 heterocycles. The van der Waals surface area contributed by atoms with E-state index in [-0.39, 0.29) is 10.8 Å². The number of sulfonamides is 1. The van der Waals surface area contributed by atoms with Crippen LogP contribution in [-0.2, 0) is 10.0 Å². The van der Waals surface area contributed by atoms with Crippen molar-refractivity contribution in [2.45, 2.75) is 4.90 Å². The van der Waals surface area contributed by atoms with Gasteiger partial charge in [0.2, 0.25) is 10.0 Å². The fraction of sp³-hybridized carbons (Fsp3) is 0. The normalized spacial score (nSPS) is 11.5. The van der Waals surface area contributed by atoms with E-state index in [0.29, 0.717) is 11.3 Å². The maximum absolute atomic E-state index is 12.5. The number of benzene rings is 2. The highest BCUT2D eigenvalue weighted by Crippen LogP contribution is 2.27. The molecule has 0 atom stereocenters. The van der Waals surface area contributed by atoms with Gasteiger partial charge in [-0.1, -0.05) is 18.2 Å². The van der Waals surface area contributed by atoms with Gasteiger partial charge in [0.25, 0.3) is 5.91 Å². The van der Waals surface area contributed by atoms with Crippen LogP contribution in [0.4, 0.5) is 5.69 Å². The zero-order chi connectivity index (χ0) is 19.7. The lowest BCUT2D eigenvalue weighted by atomic mass is 10.1. The van der Waals surface area contributed by atoms with E-state index in [1.165, 1.54) is 18.2 Å². The molecule has 0 aliphatic heterocycles. The Morgan fingerprint density at radius 1 is 1.04 bits per heavy atom. The third kappa shape index (κ3) is 3.51. The minimum Gasteiger partial charge on any atom is -0.464 e. The molecule has 0 unspecified atom stereocenters. The Balaban J connectivity index is 1.58. The van der Waals surface area contributed by atoms with E-state index in [1.807, 2.05) is 6.07 Å². The summed E-state index contributed by atoms with van der Waals surface area (Å²) >= 11 is 0. The molecule has 140 valence electrons. The van der Waals surface area contributed by atoms with E-state index in [9.17, 15) is 13.2 Å². The first kappa shape index (κ1) is 17.9. The number of nitrogens with one attached hydrogen (secondary N) is 1. The largest absolute Gasteiger partial charge is 0.464 e. The molecule has 28 heavy (non-hydrogen) atoms. The van der Waals surface area contributed by atoms with Crippen molar-refractivity contribution in [2.75, 3.05) is 5.32 Å². The molecule has 4 aromatic rings. The SMILES string of the molecule is NS(=O)(=O)c1cccc(NC(=O)c2ccc(-c3nccc4occc34)cc2)c1. The predicted octanol–water partition coefficient (Wildman–Crippen LogP) is 3.39. The van der Waals surface area contributed by atoms with Crippen LogP contribution in [0.2, 0.25) is 0 Å². The molecule has 8 heteroatoms. The van der Waals surface area contributed by atoms with E-state index in [4.69, 9.17) is 9.56 Å². The second-order valence-corrected chi connectivity index (χ2v) is 7.66. The van der Waals surface area contributed by atoms with Crippen LogP contribution < -0.4 is 10.5 Å². The second kappa shape index (κ2) is 6.91. The Labute approximate surface area is 160 Å². The number of carbonyl (C=O) groups is 1. The number of carbonyl (C=O) groups excluding carboxylic acids is 1. The van der Waals surface area contributed by atoms with E-state index in [0.717, 1.165) is 22.2 Å². The zero-order valence-corrected chi connectivity index (χ0v) is 15.3. The Kier molecular flexibility index (Phi) is 4.42. The number of amides is 1. The smallest absolute Gasteiger partial charge is 0.255 e. The topological polar surface area (TPSA) is 115 Å². The molecule has 0 saturated carbocycles. The number of hydrogen-bond donors (Lipinski definition) is 2. The highest BCUT2D eigenvalue weighted by Gasteiger charge is 2.12. The molecule has 0 radical (unpaired) electrons. The number of aromatic nitrogens is 1. The van der Waals surface area contributed by atoms with Gasteiger partial charge >= 0.3 is 0 Å². The van der Waals surface area contributed by atoms with Crippen LogP contribution in [0.25, 0.3) is 22.2 Å². The van der Waals surface area contributed by atoms with Crippen LogP contribution in [0.5, 0.6) is 0 Å². The molecule has 3 N–H and O–H groups in total. The van der Waals surface area contributed by atoms with E-state index in [2.05, 4.69) is 10.3 Å². The lowest BCUT2D eigenvalue weighted by Crippen LogP contribution is -2.14. The first-order chi connectivity index (χ1) is 13.4. The molecule has 2 aromatic heterocycles. The molecule has 1 amide bonds. The van der Waals surface area contributed by atoms with Crippen molar-refractivity contribution in [3.8, 4) is 11.3 Å². The van der Waals surface area contributed by atoms with Gasteiger partial charge in [0.1, 0.15) is 5.58 Å². The average Bonchev–Trinajstić information content (AvgIpc) is 3.16. The summed E-state index contributed by atoms with van der Waals surface area (Å²) in [6.45, 7) is 0. The maximum atomic E-state index is 12.5. The fourth-order valence-corrected chi connectivity index (χ4v) is 3.42. The van der Waals surface area contributed by atoms with Gasteiger partial charge in [-0.2, -0.15) is 0 Å². The van der Waals surface area contributed by atoms with Crippen LogP contribution >= 0.6 is 0 Å². The molecule has 4 rings (SSSR count). The molecule has 0 saturated heterocycles. The molecule has 0 spiro atoms. The molecular weight excluding hydrogens is 378 g/mol. The van der Waals surface area contributed by atoms with E-state index < -0.39 is 10.0 Å². The highest BCUT2D eigenvalue weighted by molar-refractivity contribution is 7.89. The Morgan fingerprint density at radius 3 is 2.57 bits per heavy atom. The summed E-state index contributed by atoms with van der Waals surface area (Å²) in [5, 5.41) is 8.67. The number of fused-ring (bicyclic) bond motifs is 1. The number of primary sulfonamides is 1. The summed E-state index contributed by atoms with van der Waals surface area (Å²) in [5.74, 6) is -0.368. The molecular formula is C20H15N3O4S. The van der Waals surface area contributed by atoms with Crippen LogP contribution in [0.3, 0.4) is 0 Å². The fourth-order valence-electron chi connectivity index (χ4n) is 2.86. The van der Waals surface area contributed by atoms with E-state index >= 15 is 0 Å². The third-order valence-electron chi connectivity index (χ3n) is 4.22. The average molecular weight is 393 g/mol. The van der Waals surface area contributed by atoms with Gasteiger partial charge in [0.05, 0.1) is 16.9 Å². The van der Waals surface area contributed by atoms with Gasteiger partial charge in [0.15, 0.2) is 0 Å². The maximum Gasteiger partial charge on any atom is 0.255 e. The summed E-state index contributed by atoms with van der Waals surface area (Å²) in [5.41, 5.74) is 3.11. The van der Waals surface area contributed by atoms with Crippen molar-refractivity contribution in [2.24, 2.45) is 5.14 Å². The summed E-state index contributed by atoms with van der Waals surface area (Å²) in [6, 6.07) is 16.3. The van der Waals surface area contributed by atoms with Crippen LogP contribution in [0, 0.1) is 0 Å². The lowest BCUT2D eigenvalue weighted by Gasteiger charge is -2.08. The van der Waals surface area contributed by atoms with Crippen molar-refractivity contribution in [1.29, 1.82) is 0 Å². The van der Waals surface area contributed by atoms with Crippen molar-refractivity contribution >= 4 is 32.6 Å². The quantitative estimate of drug-likeness (QED) is 0.551. The molecule has 0 aliphatic rings. The highest BCUT2D eigenvalue weighted by atomic mass is 32.2. The van der Waals surface area contributed by atoms with Gasteiger partial charge in [-0.3, -0.25) is 9.78 Å². The summed E-state index contributed by atoms with van der Waals surface area (Å²) in [7, 11) is -3.84. The molecule has 0 aliphatic carbocycles. The molecule has 0 bridgehead atoms. The number of anilines is 1. The number of pyridine rings is 1. The lowest BCUT2D eigenvalue weighted by molar-refractivity contribution is 0.102. The Morgan fingerprint density at radius 2 is 1.82 bits per heavy atom. The summed E-state index contributed by atoms with van der Waals surface area (Å²) in [6.07, 6.45) is 3.27. The number of rotatable bonds is 4. The monoisotopic (exact) mass is 393 g/mol. The number of nitrogens with two attached hydrogens (primary N) is 1. The number of furan rings is 1. The second-order valence-electron chi connectivity index (χ2n) is 6.10. The van der Waals surface area contributed by atoms with Gasteiger partial charge < -0.3 is 9.73 Å².